The van der Waals surface area contributed by atoms with E-state index in [1.807, 2.05) is 5.32 Å². The summed E-state index contributed by atoms with van der Waals surface area (Å²) in [6.07, 6.45) is 0. The number of amides is 3. The molecule has 0 saturated heterocycles. The zero-order valence-corrected chi connectivity index (χ0v) is 9.58. The zero-order chi connectivity index (χ0) is 13.0. The van der Waals surface area contributed by atoms with Crippen LogP contribution in [0.15, 0.2) is 18.2 Å². The van der Waals surface area contributed by atoms with Crippen LogP contribution in [0.1, 0.15) is 12.5 Å². The lowest BCUT2D eigenvalue weighted by atomic mass is 10.2. The maximum absolute atomic E-state index is 13.0. The topological polar surface area (TPSA) is 84.2 Å². The van der Waals surface area contributed by atoms with Crippen LogP contribution in [0.3, 0.4) is 0 Å². The van der Waals surface area contributed by atoms with Gasteiger partial charge in [-0.15, -0.1) is 0 Å². The predicted molar refractivity (Wildman–Crippen MR) is 61.9 cm³/mol. The maximum atomic E-state index is 13.0. The van der Waals surface area contributed by atoms with Gasteiger partial charge in [-0.2, -0.15) is 0 Å². The molecule has 5 nitrogen and oxygen atoms in total. The number of carbonyl (C=O) groups excluding carboxylic acids is 2. The first-order chi connectivity index (χ1) is 7.90. The van der Waals surface area contributed by atoms with Crippen LogP contribution in [0.25, 0.3) is 0 Å². The van der Waals surface area contributed by atoms with E-state index >= 15 is 0 Å². The van der Waals surface area contributed by atoms with E-state index in [0.29, 0.717) is 11.3 Å². The number of imide groups is 1. The highest BCUT2D eigenvalue weighted by atomic mass is 19.1. The molecule has 1 aromatic rings. The molecule has 6 heteroatoms. The quantitative estimate of drug-likeness (QED) is 0.739. The summed E-state index contributed by atoms with van der Waals surface area (Å²) in [5.41, 5.74) is 5.88. The molecule has 0 fully saturated rings. The summed E-state index contributed by atoms with van der Waals surface area (Å²) in [5.74, 6) is -0.857. The average Bonchev–Trinajstić information content (AvgIpc) is 2.22. The molecule has 1 aromatic carbocycles. The van der Waals surface area contributed by atoms with Crippen LogP contribution >= 0.6 is 0 Å². The van der Waals surface area contributed by atoms with Crippen LogP contribution in [-0.2, 0) is 4.79 Å². The fraction of sp³-hybridized carbons (Fsp3) is 0.273. The Bertz CT molecular complexity index is 448. The lowest BCUT2D eigenvalue weighted by Crippen LogP contribution is -2.43. The Kier molecular flexibility index (Phi) is 4.03. The number of nitrogens with one attached hydrogen (secondary N) is 2. The smallest absolute Gasteiger partial charge is 0.318 e. The Morgan fingerprint density at radius 2 is 2.06 bits per heavy atom. The second-order valence-corrected chi connectivity index (χ2v) is 3.68. The van der Waals surface area contributed by atoms with E-state index in [1.54, 1.807) is 19.9 Å². The number of carbonyl (C=O) groups is 2. The van der Waals surface area contributed by atoms with E-state index in [0.717, 1.165) is 0 Å². The highest BCUT2D eigenvalue weighted by Crippen LogP contribution is 2.14. The van der Waals surface area contributed by atoms with Crippen molar-refractivity contribution < 1.29 is 14.0 Å². The van der Waals surface area contributed by atoms with Crippen molar-refractivity contribution in [2.75, 3.05) is 5.32 Å². The monoisotopic (exact) mass is 239 g/mol. The predicted octanol–water partition coefficient (Wildman–Crippen LogP) is 1.13. The summed E-state index contributed by atoms with van der Waals surface area (Å²) in [4.78, 5) is 21.8. The molecule has 0 saturated carbocycles. The molecule has 92 valence electrons. The van der Waals surface area contributed by atoms with Crippen molar-refractivity contribution in [3.05, 3.63) is 29.6 Å². The number of nitrogens with two attached hydrogens (primary N) is 1. The first kappa shape index (κ1) is 13.0. The Morgan fingerprint density at radius 3 is 2.59 bits per heavy atom. The van der Waals surface area contributed by atoms with E-state index in [4.69, 9.17) is 5.73 Å². The van der Waals surface area contributed by atoms with E-state index in [2.05, 4.69) is 5.32 Å². The van der Waals surface area contributed by atoms with E-state index in [-0.39, 0.29) is 5.82 Å². The lowest BCUT2D eigenvalue weighted by Gasteiger charge is -2.14. The highest BCUT2D eigenvalue weighted by Gasteiger charge is 2.14. The minimum atomic E-state index is -0.904. The van der Waals surface area contributed by atoms with Crippen LogP contribution in [0.5, 0.6) is 0 Å². The highest BCUT2D eigenvalue weighted by molar-refractivity contribution is 5.97. The van der Waals surface area contributed by atoms with Crippen molar-refractivity contribution in [3.8, 4) is 0 Å². The number of anilines is 1. The van der Waals surface area contributed by atoms with Crippen molar-refractivity contribution in [1.82, 2.24) is 5.32 Å². The van der Waals surface area contributed by atoms with Crippen LogP contribution in [0.2, 0.25) is 0 Å². The molecule has 1 rings (SSSR count). The molecule has 0 aliphatic heterocycles. The molecule has 17 heavy (non-hydrogen) atoms. The van der Waals surface area contributed by atoms with Crippen molar-refractivity contribution in [3.63, 3.8) is 0 Å². The van der Waals surface area contributed by atoms with Gasteiger partial charge in [-0.25, -0.2) is 9.18 Å². The molecular weight excluding hydrogens is 225 g/mol. The second-order valence-electron chi connectivity index (χ2n) is 3.68. The van der Waals surface area contributed by atoms with Gasteiger partial charge in [0.15, 0.2) is 0 Å². The zero-order valence-electron chi connectivity index (χ0n) is 9.58. The molecule has 1 atom stereocenters. The molecular formula is C11H14FN3O2. The standard InChI is InChI=1S/C11H14FN3O2/c1-6-5-8(3-4-9(6)12)14-7(2)10(16)15-11(13)17/h3-5,7,14H,1-2H3,(H3,13,15,16,17). The molecule has 0 aliphatic carbocycles. The van der Waals surface area contributed by atoms with Gasteiger partial charge in [-0.3, -0.25) is 10.1 Å². The summed E-state index contributed by atoms with van der Waals surface area (Å²) in [6.45, 7) is 3.19. The normalized spacial score (nSPS) is 11.7. The van der Waals surface area contributed by atoms with Gasteiger partial charge in [-0.05, 0) is 37.6 Å². The van der Waals surface area contributed by atoms with Crippen LogP contribution in [-0.4, -0.2) is 18.0 Å². The molecule has 0 radical (unpaired) electrons. The first-order valence-corrected chi connectivity index (χ1v) is 5.03. The number of urea groups is 1. The van der Waals surface area contributed by atoms with Crippen molar-refractivity contribution in [2.24, 2.45) is 5.73 Å². The third kappa shape index (κ3) is 3.75. The van der Waals surface area contributed by atoms with Gasteiger partial charge in [-0.1, -0.05) is 0 Å². The summed E-state index contributed by atoms with van der Waals surface area (Å²) >= 11 is 0. The minimum Gasteiger partial charge on any atom is -0.374 e. The number of rotatable bonds is 3. The Labute approximate surface area is 98.2 Å². The molecule has 3 amide bonds. The maximum Gasteiger partial charge on any atom is 0.318 e. The number of halogens is 1. The second kappa shape index (κ2) is 5.29. The Morgan fingerprint density at radius 1 is 1.41 bits per heavy atom. The van der Waals surface area contributed by atoms with E-state index < -0.39 is 18.0 Å². The van der Waals surface area contributed by atoms with E-state index in [9.17, 15) is 14.0 Å². The average molecular weight is 239 g/mol. The fourth-order valence-electron chi connectivity index (χ4n) is 1.28. The molecule has 0 bridgehead atoms. The number of primary amides is 1. The van der Waals surface area contributed by atoms with Gasteiger partial charge in [0.2, 0.25) is 5.91 Å². The molecule has 0 aromatic heterocycles. The molecule has 0 aliphatic rings. The van der Waals surface area contributed by atoms with Crippen molar-refractivity contribution in [2.45, 2.75) is 19.9 Å². The SMILES string of the molecule is Cc1cc(NC(C)C(=O)NC(N)=O)ccc1F. The van der Waals surface area contributed by atoms with Gasteiger partial charge < -0.3 is 11.1 Å². The minimum absolute atomic E-state index is 0.315. The molecule has 0 spiro atoms. The van der Waals surface area contributed by atoms with Crippen LogP contribution in [0.4, 0.5) is 14.9 Å². The number of hydrogen-bond acceptors (Lipinski definition) is 3. The summed E-state index contributed by atoms with van der Waals surface area (Å²) < 4.78 is 13.0. The van der Waals surface area contributed by atoms with Gasteiger partial charge in [0.05, 0.1) is 0 Å². The van der Waals surface area contributed by atoms with Crippen molar-refractivity contribution in [1.29, 1.82) is 0 Å². The van der Waals surface area contributed by atoms with Crippen LogP contribution in [0, 0.1) is 12.7 Å². The lowest BCUT2D eigenvalue weighted by molar-refractivity contribution is -0.120. The third-order valence-electron chi connectivity index (χ3n) is 2.18. The largest absolute Gasteiger partial charge is 0.374 e. The first-order valence-electron chi connectivity index (χ1n) is 5.03. The van der Waals surface area contributed by atoms with Crippen molar-refractivity contribution >= 4 is 17.6 Å². The molecule has 1 unspecified atom stereocenters. The van der Waals surface area contributed by atoms with Gasteiger partial charge >= 0.3 is 6.03 Å². The number of hydrogen-bond donors (Lipinski definition) is 3. The summed E-state index contributed by atoms with van der Waals surface area (Å²) in [7, 11) is 0. The summed E-state index contributed by atoms with van der Waals surface area (Å²) in [5, 5.41) is 4.78. The molecule has 4 N–H and O–H groups in total. The van der Waals surface area contributed by atoms with Gasteiger partial charge in [0.25, 0.3) is 0 Å². The van der Waals surface area contributed by atoms with Gasteiger partial charge in [0, 0.05) is 5.69 Å². The molecule has 0 heterocycles. The number of benzene rings is 1. The fourth-order valence-corrected chi connectivity index (χ4v) is 1.28. The summed E-state index contributed by atoms with van der Waals surface area (Å²) in [6, 6.07) is 2.84. The van der Waals surface area contributed by atoms with Crippen LogP contribution < -0.4 is 16.4 Å². The Balaban J connectivity index is 2.67. The van der Waals surface area contributed by atoms with Gasteiger partial charge in [0.1, 0.15) is 11.9 Å². The third-order valence-corrected chi connectivity index (χ3v) is 2.18. The Hall–Kier alpha value is -2.11. The van der Waals surface area contributed by atoms with E-state index in [1.165, 1.54) is 12.1 Å². The number of aryl methyl sites for hydroxylation is 1.